The van der Waals surface area contributed by atoms with Crippen LogP contribution in [0.15, 0.2) is 17.5 Å². The third-order valence-corrected chi connectivity index (χ3v) is 2.55. The van der Waals surface area contributed by atoms with Crippen LogP contribution in [0.3, 0.4) is 0 Å². The lowest BCUT2D eigenvalue weighted by Crippen LogP contribution is -2.05. The molecule has 0 bridgehead atoms. The van der Waals surface area contributed by atoms with Gasteiger partial charge in [-0.1, -0.05) is 13.0 Å². The predicted octanol–water partition coefficient (Wildman–Crippen LogP) is 2.40. The van der Waals surface area contributed by atoms with Crippen molar-refractivity contribution in [2.24, 2.45) is 5.92 Å². The van der Waals surface area contributed by atoms with E-state index in [0.717, 1.165) is 6.42 Å². The van der Waals surface area contributed by atoms with E-state index in [1.807, 2.05) is 24.4 Å². The van der Waals surface area contributed by atoms with Crippen LogP contribution < -0.4 is 0 Å². The van der Waals surface area contributed by atoms with Gasteiger partial charge in [0, 0.05) is 11.3 Å². The van der Waals surface area contributed by atoms with E-state index in [1.165, 1.54) is 4.88 Å². The van der Waals surface area contributed by atoms with Crippen LogP contribution in [-0.4, -0.2) is 11.1 Å². The highest BCUT2D eigenvalue weighted by molar-refractivity contribution is 7.09. The number of aliphatic carboxylic acids is 1. The van der Waals surface area contributed by atoms with Gasteiger partial charge in [-0.25, -0.2) is 0 Å². The molecule has 0 saturated heterocycles. The van der Waals surface area contributed by atoms with Gasteiger partial charge in [-0.05, 0) is 23.8 Å². The summed E-state index contributed by atoms with van der Waals surface area (Å²) < 4.78 is 0. The van der Waals surface area contributed by atoms with Crippen LogP contribution in [-0.2, 0) is 11.2 Å². The van der Waals surface area contributed by atoms with Gasteiger partial charge in [0.05, 0.1) is 0 Å². The molecule has 0 spiro atoms. The molecule has 0 aliphatic rings. The topological polar surface area (TPSA) is 37.3 Å². The van der Waals surface area contributed by atoms with Crippen molar-refractivity contribution in [1.82, 2.24) is 0 Å². The summed E-state index contributed by atoms with van der Waals surface area (Å²) in [5.41, 5.74) is 0. The summed E-state index contributed by atoms with van der Waals surface area (Å²) in [5.74, 6) is -0.472. The SMILES string of the molecule is C[C@@H](CC(=O)O)Cc1cccs1. The van der Waals surface area contributed by atoms with Crippen molar-refractivity contribution >= 4 is 17.3 Å². The first kappa shape index (κ1) is 9.26. The monoisotopic (exact) mass is 184 g/mol. The number of hydrogen-bond donors (Lipinski definition) is 1. The molecule has 0 unspecified atom stereocenters. The first-order valence-corrected chi connectivity index (χ1v) is 4.80. The molecule has 1 heterocycles. The van der Waals surface area contributed by atoms with Crippen LogP contribution >= 0.6 is 11.3 Å². The molecule has 0 fully saturated rings. The number of thiophene rings is 1. The molecule has 2 nitrogen and oxygen atoms in total. The Morgan fingerprint density at radius 1 is 1.75 bits per heavy atom. The molecule has 1 aromatic heterocycles. The largest absolute Gasteiger partial charge is 0.481 e. The number of rotatable bonds is 4. The average Bonchev–Trinajstić information content (AvgIpc) is 2.37. The molecule has 0 aliphatic carbocycles. The molecule has 0 amide bonds. The molecule has 0 radical (unpaired) electrons. The summed E-state index contributed by atoms with van der Waals surface area (Å²) in [6.07, 6.45) is 1.14. The Kier molecular flexibility index (Phi) is 3.29. The van der Waals surface area contributed by atoms with E-state index in [9.17, 15) is 4.79 Å². The predicted molar refractivity (Wildman–Crippen MR) is 49.4 cm³/mol. The Morgan fingerprint density at radius 2 is 2.50 bits per heavy atom. The summed E-state index contributed by atoms with van der Waals surface area (Å²) in [4.78, 5) is 11.6. The zero-order valence-electron chi connectivity index (χ0n) is 6.99. The molecule has 1 N–H and O–H groups in total. The summed E-state index contributed by atoms with van der Waals surface area (Å²) in [5, 5.41) is 10.5. The molecule has 0 aliphatic heterocycles. The normalized spacial score (nSPS) is 12.8. The molecule has 3 heteroatoms. The van der Waals surface area contributed by atoms with E-state index >= 15 is 0 Å². The van der Waals surface area contributed by atoms with Gasteiger partial charge in [-0.15, -0.1) is 11.3 Å². The quantitative estimate of drug-likeness (QED) is 0.780. The van der Waals surface area contributed by atoms with Crippen LogP contribution in [0, 0.1) is 5.92 Å². The maximum absolute atomic E-state index is 10.3. The lowest BCUT2D eigenvalue weighted by atomic mass is 10.0. The van der Waals surface area contributed by atoms with E-state index in [2.05, 4.69) is 0 Å². The van der Waals surface area contributed by atoms with Gasteiger partial charge in [0.2, 0.25) is 0 Å². The number of carboxylic acids is 1. The van der Waals surface area contributed by atoms with Gasteiger partial charge >= 0.3 is 5.97 Å². The maximum Gasteiger partial charge on any atom is 0.303 e. The van der Waals surface area contributed by atoms with Gasteiger partial charge in [-0.2, -0.15) is 0 Å². The number of carbonyl (C=O) groups is 1. The molecular formula is C9H12O2S. The van der Waals surface area contributed by atoms with Crippen LogP contribution in [0.1, 0.15) is 18.2 Å². The maximum atomic E-state index is 10.3. The Morgan fingerprint density at radius 3 is 3.00 bits per heavy atom. The van der Waals surface area contributed by atoms with E-state index in [4.69, 9.17) is 5.11 Å². The Bertz CT molecular complexity index is 241. The molecule has 1 aromatic rings. The Labute approximate surface area is 75.9 Å². The highest BCUT2D eigenvalue weighted by Gasteiger charge is 2.08. The average molecular weight is 184 g/mol. The smallest absolute Gasteiger partial charge is 0.303 e. The fraction of sp³-hybridized carbons (Fsp3) is 0.444. The summed E-state index contributed by atoms with van der Waals surface area (Å²) >= 11 is 1.69. The van der Waals surface area contributed by atoms with Gasteiger partial charge < -0.3 is 5.11 Å². The van der Waals surface area contributed by atoms with E-state index in [0.29, 0.717) is 0 Å². The van der Waals surface area contributed by atoms with Gasteiger partial charge in [-0.3, -0.25) is 4.79 Å². The molecular weight excluding hydrogens is 172 g/mol. The highest BCUT2D eigenvalue weighted by Crippen LogP contribution is 2.16. The summed E-state index contributed by atoms with van der Waals surface area (Å²) in [7, 11) is 0. The third-order valence-electron chi connectivity index (χ3n) is 1.65. The standard InChI is InChI=1S/C9H12O2S/c1-7(6-9(10)11)5-8-3-2-4-12-8/h2-4,7H,5-6H2,1H3,(H,10,11)/t7-/m1/s1. The highest BCUT2D eigenvalue weighted by atomic mass is 32.1. The second kappa shape index (κ2) is 4.26. The summed E-state index contributed by atoms with van der Waals surface area (Å²) in [6.45, 7) is 1.97. The van der Waals surface area contributed by atoms with Crippen molar-refractivity contribution < 1.29 is 9.90 Å². The van der Waals surface area contributed by atoms with Crippen LogP contribution in [0.2, 0.25) is 0 Å². The summed E-state index contributed by atoms with van der Waals surface area (Å²) in [6, 6.07) is 4.04. The van der Waals surface area contributed by atoms with Crippen molar-refractivity contribution in [3.63, 3.8) is 0 Å². The van der Waals surface area contributed by atoms with E-state index < -0.39 is 5.97 Å². The van der Waals surface area contributed by atoms with Crippen molar-refractivity contribution in [2.75, 3.05) is 0 Å². The van der Waals surface area contributed by atoms with Crippen LogP contribution in [0.25, 0.3) is 0 Å². The molecule has 12 heavy (non-hydrogen) atoms. The van der Waals surface area contributed by atoms with Crippen LogP contribution in [0.5, 0.6) is 0 Å². The molecule has 0 saturated carbocycles. The first-order chi connectivity index (χ1) is 5.68. The fourth-order valence-electron chi connectivity index (χ4n) is 1.14. The van der Waals surface area contributed by atoms with Crippen molar-refractivity contribution in [1.29, 1.82) is 0 Å². The van der Waals surface area contributed by atoms with Crippen molar-refractivity contribution in [3.8, 4) is 0 Å². The minimum atomic E-state index is -0.709. The molecule has 1 atom stereocenters. The molecule has 66 valence electrons. The number of hydrogen-bond acceptors (Lipinski definition) is 2. The van der Waals surface area contributed by atoms with Crippen LogP contribution in [0.4, 0.5) is 0 Å². The molecule has 1 rings (SSSR count). The van der Waals surface area contributed by atoms with Crippen molar-refractivity contribution in [3.05, 3.63) is 22.4 Å². The number of carboxylic acid groups (broad SMARTS) is 1. The Hall–Kier alpha value is -0.830. The lowest BCUT2D eigenvalue weighted by Gasteiger charge is -2.05. The third kappa shape index (κ3) is 3.05. The second-order valence-electron chi connectivity index (χ2n) is 2.99. The Balaban J connectivity index is 2.36. The van der Waals surface area contributed by atoms with Gasteiger partial charge in [0.25, 0.3) is 0 Å². The van der Waals surface area contributed by atoms with E-state index in [-0.39, 0.29) is 12.3 Å². The van der Waals surface area contributed by atoms with Gasteiger partial charge in [0.15, 0.2) is 0 Å². The van der Waals surface area contributed by atoms with Crippen molar-refractivity contribution in [2.45, 2.75) is 19.8 Å². The van der Waals surface area contributed by atoms with E-state index in [1.54, 1.807) is 11.3 Å². The first-order valence-electron chi connectivity index (χ1n) is 3.92. The van der Waals surface area contributed by atoms with Gasteiger partial charge in [0.1, 0.15) is 0 Å². The minimum Gasteiger partial charge on any atom is -0.481 e. The fourth-order valence-corrected chi connectivity index (χ4v) is 2.01. The minimum absolute atomic E-state index is 0.237. The zero-order chi connectivity index (χ0) is 8.97. The zero-order valence-corrected chi connectivity index (χ0v) is 7.80. The lowest BCUT2D eigenvalue weighted by molar-refractivity contribution is -0.137. The molecule has 0 aromatic carbocycles. The second-order valence-corrected chi connectivity index (χ2v) is 4.02.